The Kier molecular flexibility index (Phi) is 3.67. The van der Waals surface area contributed by atoms with Crippen molar-refractivity contribution in [2.45, 2.75) is 19.5 Å². The lowest BCUT2D eigenvalue weighted by molar-refractivity contribution is 0.558. The summed E-state index contributed by atoms with van der Waals surface area (Å²) in [5, 5.41) is 7.61. The topological polar surface area (TPSA) is 46.9 Å². The monoisotopic (exact) mass is 337 g/mol. The molecule has 1 aromatic heterocycles. The highest BCUT2D eigenvalue weighted by Gasteiger charge is 2.14. The number of aromatic nitrogens is 2. The van der Waals surface area contributed by atoms with Crippen molar-refractivity contribution in [2.24, 2.45) is 0 Å². The molecule has 3 rings (SSSR count). The Morgan fingerprint density at radius 1 is 1.45 bits per heavy atom. The number of nitrogens with zero attached hydrogens (tertiary/aromatic N) is 2. The predicted molar refractivity (Wildman–Crippen MR) is 77.1 cm³/mol. The van der Waals surface area contributed by atoms with Crippen LogP contribution in [0.1, 0.15) is 16.8 Å². The second-order valence-electron chi connectivity index (χ2n) is 4.75. The van der Waals surface area contributed by atoms with Crippen LogP contribution in [0.2, 0.25) is 0 Å². The molecule has 4 nitrogen and oxygen atoms in total. The minimum absolute atomic E-state index is 0.163. The van der Waals surface area contributed by atoms with Gasteiger partial charge in [0.25, 0.3) is 5.56 Å². The van der Waals surface area contributed by atoms with E-state index in [1.807, 2.05) is 0 Å². The van der Waals surface area contributed by atoms with Gasteiger partial charge in [0, 0.05) is 25.6 Å². The quantitative estimate of drug-likeness (QED) is 0.909. The third kappa shape index (κ3) is 2.53. The Bertz CT molecular complexity index is 714. The van der Waals surface area contributed by atoms with Gasteiger partial charge in [-0.1, -0.05) is 12.1 Å². The van der Waals surface area contributed by atoms with Gasteiger partial charge >= 0.3 is 0 Å². The predicted octanol–water partition coefficient (Wildman–Crippen LogP) is 1.84. The van der Waals surface area contributed by atoms with Crippen molar-refractivity contribution in [1.29, 1.82) is 0 Å². The van der Waals surface area contributed by atoms with E-state index >= 15 is 0 Å². The first-order chi connectivity index (χ1) is 9.65. The molecule has 2 aromatic rings. The molecule has 1 aliphatic rings. The molecule has 1 aliphatic heterocycles. The summed E-state index contributed by atoms with van der Waals surface area (Å²) in [5.74, 6) is -0.335. The van der Waals surface area contributed by atoms with Gasteiger partial charge in [0.2, 0.25) is 0 Å². The maximum Gasteiger partial charge on any atom is 0.267 e. The first kappa shape index (κ1) is 13.5. The largest absolute Gasteiger partial charge is 0.312 e. The van der Waals surface area contributed by atoms with E-state index in [1.54, 1.807) is 18.2 Å². The number of benzene rings is 1. The van der Waals surface area contributed by atoms with Gasteiger partial charge in [-0.25, -0.2) is 9.07 Å². The summed E-state index contributed by atoms with van der Waals surface area (Å²) in [6.45, 7) is 1.81. The van der Waals surface area contributed by atoms with E-state index in [0.29, 0.717) is 16.6 Å². The highest BCUT2D eigenvalue weighted by atomic mass is 79.9. The van der Waals surface area contributed by atoms with Crippen molar-refractivity contribution < 1.29 is 4.39 Å². The molecular weight excluding hydrogens is 325 g/mol. The van der Waals surface area contributed by atoms with E-state index in [2.05, 4.69) is 26.3 Å². The van der Waals surface area contributed by atoms with Gasteiger partial charge in [-0.3, -0.25) is 4.79 Å². The van der Waals surface area contributed by atoms with Gasteiger partial charge in [0.15, 0.2) is 0 Å². The molecule has 2 heterocycles. The van der Waals surface area contributed by atoms with Crippen LogP contribution in [0.25, 0.3) is 0 Å². The molecule has 0 saturated heterocycles. The normalized spacial score (nSPS) is 14.1. The summed E-state index contributed by atoms with van der Waals surface area (Å²) in [7, 11) is 0. The lowest BCUT2D eigenvalue weighted by atomic mass is 10.1. The molecule has 1 N–H and O–H groups in total. The fraction of sp³-hybridized carbons (Fsp3) is 0.286. The molecule has 0 radical (unpaired) electrons. The van der Waals surface area contributed by atoms with E-state index in [4.69, 9.17) is 0 Å². The average Bonchev–Trinajstić information content (AvgIpc) is 2.44. The van der Waals surface area contributed by atoms with Gasteiger partial charge in [-0.15, -0.1) is 0 Å². The van der Waals surface area contributed by atoms with Gasteiger partial charge in [-0.05, 0) is 33.1 Å². The van der Waals surface area contributed by atoms with Crippen molar-refractivity contribution in [3.05, 3.63) is 61.7 Å². The highest BCUT2D eigenvalue weighted by molar-refractivity contribution is 9.10. The Hall–Kier alpha value is -1.53. The number of fused-ring (bicyclic) bond motifs is 1. The first-order valence-electron chi connectivity index (χ1n) is 6.38. The molecule has 0 aliphatic carbocycles. The van der Waals surface area contributed by atoms with Gasteiger partial charge in [-0.2, -0.15) is 5.10 Å². The van der Waals surface area contributed by atoms with Crippen molar-refractivity contribution in [3.63, 3.8) is 0 Å². The highest BCUT2D eigenvalue weighted by Crippen LogP contribution is 2.20. The van der Waals surface area contributed by atoms with Gasteiger partial charge in [0.05, 0.1) is 16.7 Å². The van der Waals surface area contributed by atoms with Crippen LogP contribution < -0.4 is 10.9 Å². The zero-order valence-electron chi connectivity index (χ0n) is 10.7. The number of hydrogen-bond acceptors (Lipinski definition) is 3. The standard InChI is InChI=1S/C14H13BrFN3O/c15-14-9(2-1-3-11(14)16)8-19-13(20)6-10-7-17-5-4-12(10)18-19/h1-3,6,17H,4-5,7-8H2. The molecule has 6 heteroatoms. The molecule has 0 spiro atoms. The van der Waals surface area contributed by atoms with Crippen LogP contribution >= 0.6 is 15.9 Å². The lowest BCUT2D eigenvalue weighted by Crippen LogP contribution is -2.32. The first-order valence-corrected chi connectivity index (χ1v) is 7.18. The van der Waals surface area contributed by atoms with E-state index < -0.39 is 0 Å². The molecule has 104 valence electrons. The number of halogens is 2. The minimum Gasteiger partial charge on any atom is -0.312 e. The second kappa shape index (κ2) is 5.46. The maximum absolute atomic E-state index is 13.5. The van der Waals surface area contributed by atoms with E-state index in [-0.39, 0.29) is 17.9 Å². The molecule has 20 heavy (non-hydrogen) atoms. The number of nitrogens with one attached hydrogen (secondary N) is 1. The Morgan fingerprint density at radius 3 is 3.15 bits per heavy atom. The molecule has 0 amide bonds. The van der Waals surface area contributed by atoms with Crippen LogP contribution in [0.3, 0.4) is 0 Å². The average molecular weight is 338 g/mol. The summed E-state index contributed by atoms with van der Waals surface area (Å²) >= 11 is 3.21. The number of rotatable bonds is 2. The van der Waals surface area contributed by atoms with Crippen LogP contribution in [0.4, 0.5) is 4.39 Å². The summed E-state index contributed by atoms with van der Waals surface area (Å²) < 4.78 is 15.3. The van der Waals surface area contributed by atoms with Crippen LogP contribution in [-0.2, 0) is 19.5 Å². The smallest absolute Gasteiger partial charge is 0.267 e. The third-order valence-electron chi connectivity index (χ3n) is 3.37. The van der Waals surface area contributed by atoms with E-state index in [0.717, 1.165) is 24.2 Å². The Morgan fingerprint density at radius 2 is 2.30 bits per heavy atom. The van der Waals surface area contributed by atoms with Crippen LogP contribution in [0, 0.1) is 5.82 Å². The molecule has 0 atom stereocenters. The molecule has 0 unspecified atom stereocenters. The Labute approximate surface area is 123 Å². The fourth-order valence-corrected chi connectivity index (χ4v) is 2.69. The maximum atomic E-state index is 13.5. The van der Waals surface area contributed by atoms with Crippen molar-refractivity contribution >= 4 is 15.9 Å². The van der Waals surface area contributed by atoms with Crippen LogP contribution in [-0.4, -0.2) is 16.3 Å². The molecule has 0 saturated carbocycles. The number of hydrogen-bond donors (Lipinski definition) is 1. The van der Waals surface area contributed by atoms with E-state index in [1.165, 1.54) is 10.7 Å². The van der Waals surface area contributed by atoms with Crippen LogP contribution in [0.5, 0.6) is 0 Å². The SMILES string of the molecule is O=c1cc2c(nn1Cc1cccc(F)c1Br)CCNC2. The second-order valence-corrected chi connectivity index (χ2v) is 5.54. The van der Waals surface area contributed by atoms with Crippen LogP contribution in [0.15, 0.2) is 33.5 Å². The van der Waals surface area contributed by atoms with Crippen molar-refractivity contribution in [3.8, 4) is 0 Å². The summed E-state index contributed by atoms with van der Waals surface area (Å²) in [6.07, 6.45) is 0.805. The summed E-state index contributed by atoms with van der Waals surface area (Å²) in [4.78, 5) is 12.1. The van der Waals surface area contributed by atoms with E-state index in [9.17, 15) is 9.18 Å². The summed E-state index contributed by atoms with van der Waals surface area (Å²) in [6, 6.07) is 6.40. The third-order valence-corrected chi connectivity index (χ3v) is 4.26. The zero-order chi connectivity index (χ0) is 14.1. The van der Waals surface area contributed by atoms with Gasteiger partial charge < -0.3 is 5.32 Å². The lowest BCUT2D eigenvalue weighted by Gasteiger charge is -2.17. The van der Waals surface area contributed by atoms with Crippen molar-refractivity contribution in [2.75, 3.05) is 6.54 Å². The molecule has 0 fully saturated rings. The molecule has 1 aromatic carbocycles. The van der Waals surface area contributed by atoms with Crippen molar-refractivity contribution in [1.82, 2.24) is 15.1 Å². The summed E-state index contributed by atoms with van der Waals surface area (Å²) in [5.41, 5.74) is 2.43. The molecular formula is C14H13BrFN3O. The van der Waals surface area contributed by atoms with Gasteiger partial charge in [0.1, 0.15) is 5.82 Å². The zero-order valence-corrected chi connectivity index (χ0v) is 12.3. The fourth-order valence-electron chi connectivity index (χ4n) is 2.30. The Balaban J connectivity index is 1.98. The minimum atomic E-state index is -0.335. The molecule has 0 bridgehead atoms.